The Bertz CT molecular complexity index is 445. The second kappa shape index (κ2) is 2.29. The molecular formula is C5H3IN4O. The van der Waals surface area contributed by atoms with Crippen LogP contribution in [0.3, 0.4) is 0 Å². The monoisotopic (exact) mass is 262 g/mol. The van der Waals surface area contributed by atoms with Gasteiger partial charge in [-0.05, 0) is 22.6 Å². The van der Waals surface area contributed by atoms with Crippen molar-refractivity contribution in [2.24, 2.45) is 0 Å². The molecule has 2 aromatic heterocycles. The number of nitrogens with one attached hydrogen (secondary N) is 1. The Morgan fingerprint density at radius 3 is 3.27 bits per heavy atom. The number of halogens is 1. The van der Waals surface area contributed by atoms with Crippen LogP contribution in [0, 0.1) is 3.70 Å². The second-order valence-electron chi connectivity index (χ2n) is 1.97. The molecule has 0 amide bonds. The highest BCUT2D eigenvalue weighted by molar-refractivity contribution is 14.1. The molecule has 5 nitrogen and oxygen atoms in total. The maximum absolute atomic E-state index is 10.9. The summed E-state index contributed by atoms with van der Waals surface area (Å²) in [5.74, 6) is 0. The van der Waals surface area contributed by atoms with E-state index in [4.69, 9.17) is 0 Å². The Morgan fingerprint density at radius 2 is 2.45 bits per heavy atom. The van der Waals surface area contributed by atoms with E-state index in [0.717, 1.165) is 3.70 Å². The van der Waals surface area contributed by atoms with Crippen LogP contribution >= 0.6 is 22.6 Å². The minimum Gasteiger partial charge on any atom is -0.246 e. The summed E-state index contributed by atoms with van der Waals surface area (Å²) in [7, 11) is 0. The first kappa shape index (κ1) is 6.77. The number of fused-ring (bicyclic) bond motifs is 1. The van der Waals surface area contributed by atoms with E-state index in [2.05, 4.69) is 37.8 Å². The average Bonchev–Trinajstić information content (AvgIpc) is 2.32. The van der Waals surface area contributed by atoms with Gasteiger partial charge in [-0.1, -0.05) is 0 Å². The smallest absolute Gasteiger partial charge is 0.246 e. The van der Waals surface area contributed by atoms with Crippen LogP contribution in [0.5, 0.6) is 0 Å². The first-order chi connectivity index (χ1) is 5.27. The molecule has 0 aliphatic rings. The summed E-state index contributed by atoms with van der Waals surface area (Å²) >= 11 is 2.06. The van der Waals surface area contributed by atoms with Gasteiger partial charge in [0.2, 0.25) is 0 Å². The van der Waals surface area contributed by atoms with Crippen LogP contribution in [0.2, 0.25) is 0 Å². The summed E-state index contributed by atoms with van der Waals surface area (Å²) < 4.78 is 2.16. The van der Waals surface area contributed by atoms with Gasteiger partial charge in [-0.2, -0.15) is 5.10 Å². The van der Waals surface area contributed by atoms with Crippen molar-refractivity contribution < 1.29 is 0 Å². The van der Waals surface area contributed by atoms with Gasteiger partial charge in [0.05, 0.1) is 0 Å². The molecule has 2 rings (SSSR count). The first-order valence-electron chi connectivity index (χ1n) is 2.85. The van der Waals surface area contributed by atoms with Crippen LogP contribution in [0.25, 0.3) is 5.65 Å². The summed E-state index contributed by atoms with van der Waals surface area (Å²) in [6.07, 6.45) is 1.45. The van der Waals surface area contributed by atoms with Crippen LogP contribution < -0.4 is 5.69 Å². The molecule has 0 aromatic carbocycles. The lowest BCUT2D eigenvalue weighted by atomic mass is 10.6. The van der Waals surface area contributed by atoms with Crippen molar-refractivity contribution in [2.75, 3.05) is 0 Å². The van der Waals surface area contributed by atoms with Gasteiger partial charge in [0.15, 0.2) is 5.65 Å². The maximum atomic E-state index is 10.9. The number of aromatic nitrogens is 4. The number of H-pyrrole nitrogens is 1. The van der Waals surface area contributed by atoms with Gasteiger partial charge < -0.3 is 0 Å². The fraction of sp³-hybridized carbons (Fsp3) is 0. The quantitative estimate of drug-likeness (QED) is 0.537. The van der Waals surface area contributed by atoms with Crippen LogP contribution in [0.4, 0.5) is 0 Å². The fourth-order valence-electron chi connectivity index (χ4n) is 0.787. The van der Waals surface area contributed by atoms with E-state index < -0.39 is 0 Å². The SMILES string of the molecule is O=c1[nH]nc2cc(I)ncn12. The molecule has 0 spiro atoms. The summed E-state index contributed by atoms with van der Waals surface area (Å²) in [4.78, 5) is 14.8. The zero-order valence-corrected chi connectivity index (χ0v) is 7.44. The van der Waals surface area contributed by atoms with Gasteiger partial charge in [0.25, 0.3) is 0 Å². The largest absolute Gasteiger partial charge is 0.348 e. The fourth-order valence-corrected chi connectivity index (χ4v) is 1.19. The zero-order valence-electron chi connectivity index (χ0n) is 5.28. The molecule has 0 atom stereocenters. The van der Waals surface area contributed by atoms with Crippen LogP contribution in [0.15, 0.2) is 17.2 Å². The lowest BCUT2D eigenvalue weighted by Gasteiger charge is -1.88. The molecule has 0 saturated heterocycles. The molecule has 6 heteroatoms. The van der Waals surface area contributed by atoms with Crippen molar-refractivity contribution in [1.82, 2.24) is 19.6 Å². The molecular weight excluding hydrogens is 259 g/mol. The lowest BCUT2D eigenvalue weighted by Crippen LogP contribution is -2.09. The molecule has 0 unspecified atom stereocenters. The molecule has 0 aliphatic heterocycles. The number of nitrogens with zero attached hydrogens (tertiary/aromatic N) is 3. The van der Waals surface area contributed by atoms with Gasteiger partial charge in [-0.3, -0.25) is 0 Å². The van der Waals surface area contributed by atoms with Crippen LogP contribution in [-0.2, 0) is 0 Å². The topological polar surface area (TPSA) is 63.0 Å². The van der Waals surface area contributed by atoms with Crippen molar-refractivity contribution in [2.45, 2.75) is 0 Å². The number of hydrogen-bond acceptors (Lipinski definition) is 3. The lowest BCUT2D eigenvalue weighted by molar-refractivity contribution is 0.990. The Labute approximate surface area is 74.6 Å². The van der Waals surface area contributed by atoms with Crippen molar-refractivity contribution in [3.05, 3.63) is 26.6 Å². The highest BCUT2D eigenvalue weighted by atomic mass is 127. The molecule has 56 valence electrons. The molecule has 1 N–H and O–H groups in total. The normalized spacial score (nSPS) is 10.6. The van der Waals surface area contributed by atoms with E-state index in [-0.39, 0.29) is 5.69 Å². The second-order valence-corrected chi connectivity index (χ2v) is 3.07. The van der Waals surface area contributed by atoms with Gasteiger partial charge in [-0.25, -0.2) is 19.3 Å². The summed E-state index contributed by atoms with van der Waals surface area (Å²) in [5.41, 5.74) is 0.332. The van der Waals surface area contributed by atoms with Crippen molar-refractivity contribution in [1.29, 1.82) is 0 Å². The van der Waals surface area contributed by atoms with E-state index in [1.807, 2.05) is 0 Å². The van der Waals surface area contributed by atoms with Crippen molar-refractivity contribution in [3.63, 3.8) is 0 Å². The Hall–Kier alpha value is -0.920. The summed E-state index contributed by atoms with van der Waals surface area (Å²) in [5, 5.41) is 6.08. The average molecular weight is 262 g/mol. The third-order valence-corrected chi connectivity index (χ3v) is 1.87. The minimum atomic E-state index is -0.260. The highest BCUT2D eigenvalue weighted by Crippen LogP contribution is 2.00. The van der Waals surface area contributed by atoms with Crippen molar-refractivity contribution in [3.8, 4) is 0 Å². The number of hydrogen-bond donors (Lipinski definition) is 1. The molecule has 2 heterocycles. The third kappa shape index (κ3) is 1.02. The number of aromatic amines is 1. The highest BCUT2D eigenvalue weighted by Gasteiger charge is 1.98. The Balaban J connectivity index is 2.97. The van der Waals surface area contributed by atoms with E-state index in [9.17, 15) is 4.79 Å². The standard InChI is InChI=1S/C5H3IN4O/c6-3-1-4-8-9-5(11)10(4)2-7-3/h1-2H,(H,9,11). The van der Waals surface area contributed by atoms with Gasteiger partial charge in [-0.15, -0.1) is 0 Å². The molecule has 0 fully saturated rings. The molecule has 0 bridgehead atoms. The van der Waals surface area contributed by atoms with E-state index in [0.29, 0.717) is 5.65 Å². The third-order valence-electron chi connectivity index (χ3n) is 1.28. The minimum absolute atomic E-state index is 0.260. The zero-order chi connectivity index (χ0) is 7.84. The maximum Gasteiger partial charge on any atom is 0.348 e. The molecule has 0 radical (unpaired) electrons. The predicted molar refractivity (Wildman–Crippen MR) is 46.3 cm³/mol. The Kier molecular flexibility index (Phi) is 1.41. The molecule has 0 saturated carbocycles. The van der Waals surface area contributed by atoms with Gasteiger partial charge in [0, 0.05) is 6.07 Å². The Morgan fingerprint density at radius 1 is 1.64 bits per heavy atom. The van der Waals surface area contributed by atoms with E-state index in [1.165, 1.54) is 10.7 Å². The summed E-state index contributed by atoms with van der Waals surface area (Å²) in [6, 6.07) is 1.72. The van der Waals surface area contributed by atoms with E-state index in [1.54, 1.807) is 6.07 Å². The number of rotatable bonds is 0. The molecule has 0 aliphatic carbocycles. The van der Waals surface area contributed by atoms with Crippen LogP contribution in [0.1, 0.15) is 0 Å². The van der Waals surface area contributed by atoms with Gasteiger partial charge >= 0.3 is 5.69 Å². The molecule has 2 aromatic rings. The first-order valence-corrected chi connectivity index (χ1v) is 3.93. The van der Waals surface area contributed by atoms with Crippen molar-refractivity contribution >= 4 is 28.2 Å². The predicted octanol–water partition coefficient (Wildman–Crippen LogP) is 0.0222. The molecule has 11 heavy (non-hydrogen) atoms. The summed E-state index contributed by atoms with van der Waals surface area (Å²) in [6.45, 7) is 0. The van der Waals surface area contributed by atoms with Gasteiger partial charge in [0.1, 0.15) is 10.0 Å². The van der Waals surface area contributed by atoms with Crippen LogP contribution in [-0.4, -0.2) is 19.6 Å². The van der Waals surface area contributed by atoms with E-state index >= 15 is 0 Å².